The first-order valence-corrected chi connectivity index (χ1v) is 7.34. The Morgan fingerprint density at radius 1 is 1.38 bits per heavy atom. The number of imidazole rings is 1. The van der Waals surface area contributed by atoms with Gasteiger partial charge in [0, 0.05) is 42.7 Å². The van der Waals surface area contributed by atoms with Gasteiger partial charge in [-0.1, -0.05) is 0 Å². The normalized spacial score (nSPS) is 23.1. The first-order valence-electron chi connectivity index (χ1n) is 13.2. The van der Waals surface area contributed by atoms with Crippen LogP contribution in [-0.2, 0) is 16.9 Å². The minimum absolute atomic E-state index is 0.218. The van der Waals surface area contributed by atoms with E-state index in [1.54, 1.807) is 0 Å². The van der Waals surface area contributed by atoms with Crippen LogP contribution in [0.4, 0.5) is 0 Å². The number of aromatic nitrogens is 4. The van der Waals surface area contributed by atoms with Crippen LogP contribution in [0.15, 0.2) is 23.4 Å². The molecule has 0 radical (unpaired) electrons. The number of nitrogens with zero attached hydrogens (tertiary/aromatic N) is 3. The number of ether oxygens (including phenoxy) is 2. The summed E-state index contributed by atoms with van der Waals surface area (Å²) in [6.07, 6.45) is -1.23. The molecule has 3 aromatic heterocycles. The van der Waals surface area contributed by atoms with Crippen molar-refractivity contribution in [1.82, 2.24) is 19.9 Å². The van der Waals surface area contributed by atoms with Gasteiger partial charge in [-0.05, 0) is 19.7 Å². The van der Waals surface area contributed by atoms with E-state index in [-0.39, 0.29) is 17.0 Å². The van der Waals surface area contributed by atoms with Gasteiger partial charge in [0.1, 0.15) is 5.75 Å². The number of H-pyrrole nitrogens is 1. The van der Waals surface area contributed by atoms with Crippen LogP contribution >= 0.6 is 0 Å². The molecular weight excluding hydrogens is 328 g/mol. The minimum Gasteiger partial charge on any atom is -0.609 e. The molecule has 0 saturated carbocycles. The Labute approximate surface area is 162 Å². The van der Waals surface area contributed by atoms with Gasteiger partial charge in [0.2, 0.25) is 5.88 Å². The molecule has 3 aromatic rings. The summed E-state index contributed by atoms with van der Waals surface area (Å²) in [5.74, 6) is -1.63. The number of pyridine rings is 2. The molecule has 0 aliphatic rings. The molecule has 0 saturated heterocycles. The second kappa shape index (κ2) is 6.66. The van der Waals surface area contributed by atoms with Crippen molar-refractivity contribution in [3.05, 3.63) is 35.1 Å². The van der Waals surface area contributed by atoms with Gasteiger partial charge in [-0.2, -0.15) is 9.97 Å². The summed E-state index contributed by atoms with van der Waals surface area (Å²) in [4.78, 5) is 13.6. The maximum Gasteiger partial charge on any atom is 0.323 e. The van der Waals surface area contributed by atoms with Crippen molar-refractivity contribution in [2.24, 2.45) is 0 Å². The zero-order valence-corrected chi connectivity index (χ0v) is 12.8. The third-order valence-electron chi connectivity index (χ3n) is 2.80. The smallest absolute Gasteiger partial charge is 0.323 e. The number of fused-ring (bicyclic) bond motifs is 1. The third kappa shape index (κ3) is 3.02. The predicted octanol–water partition coefficient (Wildman–Crippen LogP) is 2.29. The van der Waals surface area contributed by atoms with E-state index >= 15 is 0 Å². The molecule has 1 N–H and O–H groups in total. The molecule has 0 spiro atoms. The van der Waals surface area contributed by atoms with Crippen LogP contribution in [0.25, 0.3) is 11.2 Å². The highest BCUT2D eigenvalue weighted by Gasteiger charge is 2.21. The molecule has 0 fully saturated rings. The largest absolute Gasteiger partial charge is 0.609 e. The molecule has 1 atom stereocenters. The maximum atomic E-state index is 13.4. The van der Waals surface area contributed by atoms with Crippen molar-refractivity contribution in [2.45, 2.75) is 24.6 Å². The van der Waals surface area contributed by atoms with Gasteiger partial charge < -0.3 is 14.0 Å². The highest BCUT2D eigenvalue weighted by atomic mass is 32.2. The molecule has 3 rings (SSSR count). The van der Waals surface area contributed by atoms with Crippen molar-refractivity contribution in [3.63, 3.8) is 0 Å². The van der Waals surface area contributed by atoms with Crippen LogP contribution in [0.1, 0.15) is 36.0 Å². The molecular formula is C16H18N4O3S. The number of methoxy groups -OCH3 is 2. The molecule has 24 heavy (non-hydrogen) atoms. The fourth-order valence-electron chi connectivity index (χ4n) is 1.70. The SMILES string of the molecule is [2H]c1nc(C([2H])([2H])[S+]([O-])c2nc3nc(OC)c([2H])c([2H])c3[nH]2)c(C([2H])([2H])[2H])c(OC([2H])([2H])[2H])c1C([2H])([2H])[2H]. The average Bonchev–Trinajstić information content (AvgIpc) is 3.16. The predicted molar refractivity (Wildman–Crippen MR) is 90.8 cm³/mol. The van der Waals surface area contributed by atoms with E-state index in [0.717, 1.165) is 0 Å². The van der Waals surface area contributed by atoms with Gasteiger partial charge in [0.05, 0.1) is 36.3 Å². The molecule has 0 bridgehead atoms. The van der Waals surface area contributed by atoms with E-state index in [9.17, 15) is 4.55 Å². The van der Waals surface area contributed by atoms with E-state index in [1.807, 2.05) is 0 Å². The van der Waals surface area contributed by atoms with Crippen molar-refractivity contribution >= 4 is 22.3 Å². The molecule has 0 aromatic carbocycles. The quantitative estimate of drug-likeness (QED) is 0.701. The Morgan fingerprint density at radius 3 is 3.04 bits per heavy atom. The Balaban J connectivity index is 2.33. The van der Waals surface area contributed by atoms with Crippen LogP contribution in [0.2, 0.25) is 0 Å². The summed E-state index contributed by atoms with van der Waals surface area (Å²) in [7, 11) is -2.24. The summed E-state index contributed by atoms with van der Waals surface area (Å²) in [5, 5.41) is -0.679. The zero-order chi connectivity index (χ0) is 29.2. The van der Waals surface area contributed by atoms with Gasteiger partial charge in [0.15, 0.2) is 11.4 Å². The van der Waals surface area contributed by atoms with Crippen LogP contribution in [0.3, 0.4) is 0 Å². The zero-order valence-electron chi connectivity index (χ0n) is 26.0. The van der Waals surface area contributed by atoms with Crippen LogP contribution in [0.5, 0.6) is 11.6 Å². The van der Waals surface area contributed by atoms with Gasteiger partial charge >= 0.3 is 5.16 Å². The van der Waals surface area contributed by atoms with Gasteiger partial charge in [-0.25, -0.2) is 0 Å². The summed E-state index contributed by atoms with van der Waals surface area (Å²) >= 11 is -3.00. The highest BCUT2D eigenvalue weighted by Crippen LogP contribution is 2.26. The molecule has 126 valence electrons. The van der Waals surface area contributed by atoms with Crippen molar-refractivity contribution < 1.29 is 33.2 Å². The monoisotopic (exact) mass is 360 g/mol. The first-order chi connectivity index (χ1) is 17.1. The van der Waals surface area contributed by atoms with Crippen molar-refractivity contribution in [1.29, 1.82) is 0 Å². The van der Waals surface area contributed by atoms with E-state index in [1.165, 1.54) is 7.11 Å². The van der Waals surface area contributed by atoms with Crippen LogP contribution < -0.4 is 9.47 Å². The Kier molecular flexibility index (Phi) is 1.81. The summed E-state index contributed by atoms with van der Waals surface area (Å²) in [5.41, 5.74) is -7.58. The number of rotatable bonds is 5. The number of hydrogen-bond donors (Lipinski definition) is 1. The Morgan fingerprint density at radius 2 is 2.29 bits per heavy atom. The fraction of sp³-hybridized carbons (Fsp3) is 0.312. The van der Waals surface area contributed by atoms with E-state index in [4.69, 9.17) is 23.9 Å². The Hall–Kier alpha value is -2.32. The molecule has 0 amide bonds. The number of nitrogens with one attached hydrogen (secondary N) is 1. The minimum atomic E-state index is -3.45. The lowest BCUT2D eigenvalue weighted by Gasteiger charge is -2.13. The lowest BCUT2D eigenvalue weighted by Crippen LogP contribution is -2.10. The average molecular weight is 360 g/mol. The lowest BCUT2D eigenvalue weighted by atomic mass is 10.1. The lowest BCUT2D eigenvalue weighted by molar-refractivity contribution is 0.399. The van der Waals surface area contributed by atoms with Crippen molar-refractivity contribution in [2.75, 3.05) is 14.1 Å². The molecule has 8 heteroatoms. The topological polar surface area (TPSA) is 96.0 Å². The number of aromatic amines is 1. The van der Waals surface area contributed by atoms with Crippen LogP contribution in [0, 0.1) is 13.7 Å². The molecule has 7 nitrogen and oxygen atoms in total. The van der Waals surface area contributed by atoms with Crippen molar-refractivity contribution in [3.8, 4) is 11.6 Å². The summed E-state index contributed by atoms with van der Waals surface area (Å²) in [6, 6.07) is -0.936. The van der Waals surface area contributed by atoms with E-state index < -0.39 is 83.6 Å². The fourth-order valence-corrected chi connectivity index (χ4v) is 2.48. The van der Waals surface area contributed by atoms with E-state index in [2.05, 4.69) is 24.7 Å². The summed E-state index contributed by atoms with van der Waals surface area (Å²) in [6.45, 7) is -6.75. The molecule has 3 heterocycles. The first kappa shape index (κ1) is 6.53. The standard InChI is InChI=1S/C16H18N4O3S/c1-9-7-17-12(10(2)14(9)23-4)8-24(21)16-18-11-5-6-13(22-3)19-15(11)20-16/h5-7H,8H2,1-4H3,(H,18,19,20)/i1D3,2D3,4D3,5D,6D,7D,8D2. The molecule has 1 unspecified atom stereocenters. The third-order valence-corrected chi connectivity index (χ3v) is 3.72. The van der Waals surface area contributed by atoms with Gasteiger partial charge in [0.25, 0.3) is 0 Å². The second-order valence-electron chi connectivity index (χ2n) is 4.24. The van der Waals surface area contributed by atoms with Crippen LogP contribution in [-0.4, -0.2) is 38.6 Å². The number of hydrogen-bond acceptors (Lipinski definition) is 6. The molecule has 0 aliphatic heterocycles. The molecule has 0 aliphatic carbocycles. The van der Waals surface area contributed by atoms with Gasteiger partial charge in [-0.3, -0.25) is 9.97 Å². The van der Waals surface area contributed by atoms with Gasteiger partial charge in [-0.15, -0.1) is 0 Å². The Bertz CT molecular complexity index is 1390. The second-order valence-corrected chi connectivity index (χ2v) is 5.36. The summed E-state index contributed by atoms with van der Waals surface area (Å²) < 4.78 is 132. The maximum absolute atomic E-state index is 13.4. The van der Waals surface area contributed by atoms with E-state index in [0.29, 0.717) is 0 Å². The highest BCUT2D eigenvalue weighted by molar-refractivity contribution is 7.90.